The number of hydrogen-bond donors (Lipinski definition) is 1. The van der Waals surface area contributed by atoms with Crippen molar-refractivity contribution in [2.45, 2.75) is 71.5 Å². The second-order valence-corrected chi connectivity index (χ2v) is 5.92. The van der Waals surface area contributed by atoms with Crippen LogP contribution in [0.5, 0.6) is 0 Å². The fourth-order valence-corrected chi connectivity index (χ4v) is 2.67. The van der Waals surface area contributed by atoms with E-state index in [1.807, 2.05) is 30.3 Å². The summed E-state index contributed by atoms with van der Waals surface area (Å²) in [7, 11) is 0. The number of hydrogen-bond acceptors (Lipinski definition) is 2. The van der Waals surface area contributed by atoms with Gasteiger partial charge >= 0.3 is 5.97 Å². The molecule has 0 saturated carbocycles. The lowest BCUT2D eigenvalue weighted by Gasteiger charge is -2.24. The summed E-state index contributed by atoms with van der Waals surface area (Å²) < 4.78 is 6.01. The zero-order chi connectivity index (χ0) is 16.2. The number of carbonyl (C=O) groups is 1. The average molecular weight is 306 g/mol. The first kappa shape index (κ1) is 18.7. The number of unbranched alkanes of at least 4 members (excludes halogenated alkanes) is 3. The van der Waals surface area contributed by atoms with E-state index in [2.05, 4.69) is 13.8 Å². The minimum absolute atomic E-state index is 0.184. The summed E-state index contributed by atoms with van der Waals surface area (Å²) in [6.45, 7) is 4.74. The Labute approximate surface area is 134 Å². The Morgan fingerprint density at radius 3 is 2.32 bits per heavy atom. The van der Waals surface area contributed by atoms with Crippen LogP contribution in [0.3, 0.4) is 0 Å². The highest BCUT2D eigenvalue weighted by molar-refractivity contribution is 5.70. The maximum absolute atomic E-state index is 11.6. The lowest BCUT2D eigenvalue weighted by atomic mass is 9.92. The molecule has 1 rings (SSSR count). The number of carboxylic acid groups (broad SMARTS) is 1. The molecule has 22 heavy (non-hydrogen) atoms. The van der Waals surface area contributed by atoms with Crippen molar-refractivity contribution in [1.82, 2.24) is 0 Å². The molecular weight excluding hydrogens is 276 g/mol. The molecule has 0 unspecified atom stereocenters. The van der Waals surface area contributed by atoms with Gasteiger partial charge in [0.05, 0.1) is 18.6 Å². The molecule has 1 aromatic rings. The molecule has 0 bridgehead atoms. The summed E-state index contributed by atoms with van der Waals surface area (Å²) in [5, 5.41) is 9.54. The first-order valence-electron chi connectivity index (χ1n) is 8.57. The van der Waals surface area contributed by atoms with E-state index in [1.165, 1.54) is 0 Å². The molecule has 0 amide bonds. The highest BCUT2D eigenvalue weighted by Crippen LogP contribution is 2.23. The Morgan fingerprint density at radius 2 is 1.73 bits per heavy atom. The highest BCUT2D eigenvalue weighted by atomic mass is 16.5. The molecule has 2 atom stereocenters. The summed E-state index contributed by atoms with van der Waals surface area (Å²) in [5.41, 5.74) is 1.10. The first-order chi connectivity index (χ1) is 10.7. The summed E-state index contributed by atoms with van der Waals surface area (Å²) in [5.74, 6) is -1.11. The molecule has 1 N–H and O–H groups in total. The van der Waals surface area contributed by atoms with E-state index >= 15 is 0 Å². The number of rotatable bonds is 12. The molecule has 0 aliphatic heterocycles. The van der Waals surface area contributed by atoms with Gasteiger partial charge in [-0.25, -0.2) is 0 Å². The van der Waals surface area contributed by atoms with E-state index < -0.39 is 5.97 Å². The van der Waals surface area contributed by atoms with Crippen LogP contribution in [0.4, 0.5) is 0 Å². The Bertz CT molecular complexity index is 402. The van der Waals surface area contributed by atoms with Gasteiger partial charge in [-0.3, -0.25) is 4.79 Å². The lowest BCUT2D eigenvalue weighted by molar-refractivity contribution is -0.149. The topological polar surface area (TPSA) is 46.5 Å². The number of carboxylic acids is 1. The largest absolute Gasteiger partial charge is 0.481 e. The maximum Gasteiger partial charge on any atom is 0.309 e. The van der Waals surface area contributed by atoms with Gasteiger partial charge in [-0.15, -0.1) is 0 Å². The second-order valence-electron chi connectivity index (χ2n) is 5.92. The fourth-order valence-electron chi connectivity index (χ4n) is 2.67. The molecule has 0 saturated heterocycles. The smallest absolute Gasteiger partial charge is 0.309 e. The van der Waals surface area contributed by atoms with Crippen molar-refractivity contribution in [3.63, 3.8) is 0 Å². The Kier molecular flexibility index (Phi) is 9.56. The van der Waals surface area contributed by atoms with E-state index in [0.29, 0.717) is 13.0 Å². The number of aliphatic carboxylic acids is 1. The molecule has 1 aromatic carbocycles. The minimum atomic E-state index is -0.719. The molecule has 0 aliphatic rings. The van der Waals surface area contributed by atoms with Crippen molar-refractivity contribution in [3.05, 3.63) is 35.9 Å². The van der Waals surface area contributed by atoms with Gasteiger partial charge < -0.3 is 9.84 Å². The van der Waals surface area contributed by atoms with Gasteiger partial charge in [-0.2, -0.15) is 0 Å². The second kappa shape index (κ2) is 11.2. The van der Waals surface area contributed by atoms with Gasteiger partial charge in [0.15, 0.2) is 0 Å². The normalized spacial score (nSPS) is 13.7. The van der Waals surface area contributed by atoms with Gasteiger partial charge in [-0.05, 0) is 18.4 Å². The predicted molar refractivity (Wildman–Crippen MR) is 89.8 cm³/mol. The van der Waals surface area contributed by atoms with Gasteiger partial charge in [0.2, 0.25) is 0 Å². The zero-order valence-electron chi connectivity index (χ0n) is 14.0. The van der Waals surface area contributed by atoms with Crippen molar-refractivity contribution < 1.29 is 14.6 Å². The summed E-state index contributed by atoms with van der Waals surface area (Å²) in [6.07, 6.45) is 6.62. The molecule has 0 radical (unpaired) electrons. The molecule has 0 aliphatic carbocycles. The Balaban J connectivity index is 2.65. The molecular formula is C19H30O3. The third kappa shape index (κ3) is 7.08. The van der Waals surface area contributed by atoms with Crippen molar-refractivity contribution in [1.29, 1.82) is 0 Å². The van der Waals surface area contributed by atoms with Crippen LogP contribution in [0.15, 0.2) is 30.3 Å². The molecule has 0 spiro atoms. The van der Waals surface area contributed by atoms with Crippen LogP contribution in [0.1, 0.15) is 64.4 Å². The zero-order valence-corrected chi connectivity index (χ0v) is 14.0. The molecule has 124 valence electrons. The van der Waals surface area contributed by atoms with Crippen molar-refractivity contribution in [2.24, 2.45) is 5.92 Å². The van der Waals surface area contributed by atoms with Crippen LogP contribution in [0.25, 0.3) is 0 Å². The summed E-state index contributed by atoms with van der Waals surface area (Å²) in [4.78, 5) is 11.6. The molecule has 0 fully saturated rings. The van der Waals surface area contributed by atoms with Crippen LogP contribution in [0.2, 0.25) is 0 Å². The number of benzene rings is 1. The monoisotopic (exact) mass is 306 g/mol. The van der Waals surface area contributed by atoms with Crippen molar-refractivity contribution in [2.75, 3.05) is 0 Å². The molecule has 3 nitrogen and oxygen atoms in total. The predicted octanol–water partition coefficient (Wildman–Crippen LogP) is 5.04. The van der Waals surface area contributed by atoms with Gasteiger partial charge in [0, 0.05) is 0 Å². The Morgan fingerprint density at radius 1 is 1.05 bits per heavy atom. The van der Waals surface area contributed by atoms with E-state index in [4.69, 9.17) is 4.74 Å². The highest BCUT2D eigenvalue weighted by Gasteiger charge is 2.28. The van der Waals surface area contributed by atoms with E-state index in [1.54, 1.807) is 0 Å². The SMILES string of the molecule is CCCCC[C@@H](OCc1ccccc1)[C@@H](CCCC)C(=O)O. The van der Waals surface area contributed by atoms with Gasteiger partial charge in [-0.1, -0.05) is 76.3 Å². The van der Waals surface area contributed by atoms with Crippen LogP contribution < -0.4 is 0 Å². The van der Waals surface area contributed by atoms with Gasteiger partial charge in [0.25, 0.3) is 0 Å². The van der Waals surface area contributed by atoms with Crippen molar-refractivity contribution in [3.8, 4) is 0 Å². The van der Waals surface area contributed by atoms with Crippen LogP contribution in [0, 0.1) is 5.92 Å². The average Bonchev–Trinajstić information content (AvgIpc) is 2.53. The third-order valence-corrected chi connectivity index (χ3v) is 4.03. The molecule has 0 aromatic heterocycles. The first-order valence-corrected chi connectivity index (χ1v) is 8.57. The lowest BCUT2D eigenvalue weighted by Crippen LogP contribution is -2.31. The van der Waals surface area contributed by atoms with E-state index in [9.17, 15) is 9.90 Å². The fraction of sp³-hybridized carbons (Fsp3) is 0.632. The quantitative estimate of drug-likeness (QED) is 0.550. The molecule has 0 heterocycles. The van der Waals surface area contributed by atoms with Gasteiger partial charge in [0.1, 0.15) is 0 Å². The standard InChI is InChI=1S/C19H30O3/c1-3-5-8-14-18(17(19(20)21)13-6-4-2)22-15-16-11-9-7-10-12-16/h7,9-12,17-18H,3-6,8,13-15H2,1-2H3,(H,20,21)/t17-,18-/m1/s1. The van der Waals surface area contributed by atoms with Crippen molar-refractivity contribution >= 4 is 5.97 Å². The molecule has 3 heteroatoms. The maximum atomic E-state index is 11.6. The number of ether oxygens (including phenoxy) is 1. The van der Waals surface area contributed by atoms with Crippen LogP contribution >= 0.6 is 0 Å². The minimum Gasteiger partial charge on any atom is -0.481 e. The van der Waals surface area contributed by atoms with E-state index in [-0.39, 0.29) is 12.0 Å². The van der Waals surface area contributed by atoms with E-state index in [0.717, 1.165) is 44.1 Å². The summed E-state index contributed by atoms with van der Waals surface area (Å²) >= 11 is 0. The third-order valence-electron chi connectivity index (χ3n) is 4.03. The Hall–Kier alpha value is -1.35. The van der Waals surface area contributed by atoms with Crippen LogP contribution in [-0.4, -0.2) is 17.2 Å². The van der Waals surface area contributed by atoms with Crippen LogP contribution in [-0.2, 0) is 16.1 Å². The summed E-state index contributed by atoms with van der Waals surface area (Å²) in [6, 6.07) is 9.98.